The molecule has 1 amide bonds. The number of thiazole rings is 1. The third kappa shape index (κ3) is 3.79. The lowest BCUT2D eigenvalue weighted by molar-refractivity contribution is 0.0985. The molecule has 0 saturated carbocycles. The number of hydrogen-bond donors (Lipinski definition) is 0. The van der Waals surface area contributed by atoms with E-state index in [1.807, 2.05) is 48.9 Å². The number of nitrogens with zero attached hydrogens (tertiary/aromatic N) is 4. The summed E-state index contributed by atoms with van der Waals surface area (Å²) in [5.74, 6) is -0.122. The number of aryl methyl sites for hydroxylation is 2. The van der Waals surface area contributed by atoms with Crippen molar-refractivity contribution in [2.45, 2.75) is 20.4 Å². The van der Waals surface area contributed by atoms with Crippen LogP contribution < -0.4 is 4.90 Å². The van der Waals surface area contributed by atoms with E-state index in [2.05, 4.69) is 10.1 Å². The lowest BCUT2D eigenvalue weighted by Gasteiger charge is -2.20. The predicted molar refractivity (Wildman–Crippen MR) is 114 cm³/mol. The summed E-state index contributed by atoms with van der Waals surface area (Å²) in [5.41, 5.74) is 3.46. The Kier molecular flexibility index (Phi) is 5.15. The number of anilines is 1. The van der Waals surface area contributed by atoms with E-state index in [4.69, 9.17) is 11.6 Å². The van der Waals surface area contributed by atoms with Gasteiger partial charge >= 0.3 is 0 Å². The summed E-state index contributed by atoms with van der Waals surface area (Å²) >= 11 is 7.61. The minimum absolute atomic E-state index is 0.122. The van der Waals surface area contributed by atoms with Crippen molar-refractivity contribution in [1.82, 2.24) is 14.8 Å². The van der Waals surface area contributed by atoms with Gasteiger partial charge in [0.05, 0.1) is 22.5 Å². The number of fused-ring (bicyclic) bond motifs is 1. The second-order valence-corrected chi connectivity index (χ2v) is 8.03. The highest BCUT2D eigenvalue weighted by Gasteiger charge is 2.22. The third-order valence-corrected chi connectivity index (χ3v) is 5.76. The molecule has 0 bridgehead atoms. The summed E-state index contributed by atoms with van der Waals surface area (Å²) in [5, 5.41) is 5.71. The van der Waals surface area contributed by atoms with Gasteiger partial charge in [-0.15, -0.1) is 0 Å². The number of para-hydroxylation sites is 1. The van der Waals surface area contributed by atoms with E-state index in [1.165, 1.54) is 11.3 Å². The van der Waals surface area contributed by atoms with Crippen LogP contribution in [-0.4, -0.2) is 27.2 Å². The first-order chi connectivity index (χ1) is 13.5. The predicted octanol–water partition coefficient (Wildman–Crippen LogP) is 5.11. The van der Waals surface area contributed by atoms with Crippen LogP contribution in [0.2, 0.25) is 5.02 Å². The molecule has 0 aliphatic heterocycles. The number of aromatic nitrogens is 3. The molecule has 0 saturated heterocycles. The smallest absolute Gasteiger partial charge is 0.260 e. The minimum Gasteiger partial charge on any atom is -0.282 e. The van der Waals surface area contributed by atoms with Gasteiger partial charge in [0, 0.05) is 22.8 Å². The van der Waals surface area contributed by atoms with Gasteiger partial charge in [-0.05, 0) is 50.2 Å². The van der Waals surface area contributed by atoms with Crippen LogP contribution in [-0.2, 0) is 6.54 Å². The molecule has 5 nitrogen and oxygen atoms in total. The van der Waals surface area contributed by atoms with Gasteiger partial charge in [0.25, 0.3) is 5.91 Å². The maximum Gasteiger partial charge on any atom is 0.260 e. The van der Waals surface area contributed by atoms with Gasteiger partial charge in [0.15, 0.2) is 5.13 Å². The van der Waals surface area contributed by atoms with Crippen molar-refractivity contribution in [1.29, 1.82) is 0 Å². The Morgan fingerprint density at radius 3 is 2.68 bits per heavy atom. The number of hydrogen-bond acceptors (Lipinski definition) is 4. The Labute approximate surface area is 172 Å². The minimum atomic E-state index is -0.122. The molecule has 0 spiro atoms. The average Bonchev–Trinajstić information content (AvgIpc) is 3.24. The molecule has 7 heteroatoms. The Hall–Kier alpha value is -2.70. The van der Waals surface area contributed by atoms with E-state index in [0.717, 1.165) is 21.6 Å². The summed E-state index contributed by atoms with van der Waals surface area (Å²) in [6, 6.07) is 16.9. The standard InChI is InChI=1S/C21H19ClN4OS/c1-14-12-15(2)26(24-14)11-10-25(20(27)16-6-5-7-17(22)13-16)21-23-18-8-3-4-9-19(18)28-21/h3-9,12-13H,10-11H2,1-2H3. The van der Waals surface area contributed by atoms with Gasteiger partial charge in [-0.1, -0.05) is 41.1 Å². The quantitative estimate of drug-likeness (QED) is 0.459. The second-order valence-electron chi connectivity index (χ2n) is 6.58. The van der Waals surface area contributed by atoms with Crippen LogP contribution in [0.5, 0.6) is 0 Å². The van der Waals surface area contributed by atoms with E-state index < -0.39 is 0 Å². The second kappa shape index (κ2) is 7.73. The third-order valence-electron chi connectivity index (χ3n) is 4.47. The number of rotatable bonds is 5. The van der Waals surface area contributed by atoms with Crippen molar-refractivity contribution in [2.75, 3.05) is 11.4 Å². The van der Waals surface area contributed by atoms with Gasteiger partial charge in [-0.2, -0.15) is 5.10 Å². The van der Waals surface area contributed by atoms with Crippen molar-refractivity contribution in [2.24, 2.45) is 0 Å². The maximum absolute atomic E-state index is 13.3. The normalized spacial score (nSPS) is 11.1. The van der Waals surface area contributed by atoms with E-state index >= 15 is 0 Å². The summed E-state index contributed by atoms with van der Waals surface area (Å²) in [6.45, 7) is 5.03. The first-order valence-corrected chi connectivity index (χ1v) is 10.1. The van der Waals surface area contributed by atoms with E-state index in [1.54, 1.807) is 29.2 Å². The van der Waals surface area contributed by atoms with Gasteiger partial charge in [0.1, 0.15) is 0 Å². The van der Waals surface area contributed by atoms with E-state index in [9.17, 15) is 4.79 Å². The molecular weight excluding hydrogens is 392 g/mol. The molecule has 2 aromatic heterocycles. The zero-order valence-electron chi connectivity index (χ0n) is 15.6. The SMILES string of the molecule is Cc1cc(C)n(CCN(C(=O)c2cccc(Cl)c2)c2nc3ccccc3s2)n1. The van der Waals surface area contributed by atoms with Crippen LogP contribution in [0, 0.1) is 13.8 Å². The molecule has 142 valence electrons. The van der Waals surface area contributed by atoms with Crippen LogP contribution >= 0.6 is 22.9 Å². The highest BCUT2D eigenvalue weighted by atomic mass is 35.5. The fraction of sp³-hybridized carbons (Fsp3) is 0.190. The van der Waals surface area contributed by atoms with E-state index in [0.29, 0.717) is 28.8 Å². The molecule has 0 fully saturated rings. The van der Waals surface area contributed by atoms with E-state index in [-0.39, 0.29) is 5.91 Å². The highest BCUT2D eigenvalue weighted by Crippen LogP contribution is 2.30. The topological polar surface area (TPSA) is 51.0 Å². The first-order valence-electron chi connectivity index (χ1n) is 8.95. The Morgan fingerprint density at radius 2 is 1.96 bits per heavy atom. The number of carbonyl (C=O) groups excluding carboxylic acids is 1. The maximum atomic E-state index is 13.3. The summed E-state index contributed by atoms with van der Waals surface area (Å²) < 4.78 is 2.97. The fourth-order valence-corrected chi connectivity index (χ4v) is 4.31. The van der Waals surface area contributed by atoms with Crippen molar-refractivity contribution < 1.29 is 4.79 Å². The fourth-order valence-electron chi connectivity index (χ4n) is 3.13. The molecule has 2 aromatic carbocycles. The van der Waals surface area contributed by atoms with Crippen LogP contribution in [0.4, 0.5) is 5.13 Å². The summed E-state index contributed by atoms with van der Waals surface area (Å²) in [7, 11) is 0. The Bertz CT molecular complexity index is 1120. The van der Waals surface area contributed by atoms with Crippen molar-refractivity contribution >= 4 is 44.2 Å². The van der Waals surface area contributed by atoms with Crippen molar-refractivity contribution in [3.05, 3.63) is 76.6 Å². The largest absolute Gasteiger partial charge is 0.282 e. The zero-order valence-corrected chi connectivity index (χ0v) is 17.2. The molecule has 28 heavy (non-hydrogen) atoms. The lowest BCUT2D eigenvalue weighted by atomic mass is 10.2. The lowest BCUT2D eigenvalue weighted by Crippen LogP contribution is -2.34. The number of benzene rings is 2. The molecular formula is C21H19ClN4OS. The van der Waals surface area contributed by atoms with Crippen molar-refractivity contribution in [3.8, 4) is 0 Å². The van der Waals surface area contributed by atoms with Gasteiger partial charge in [-0.25, -0.2) is 4.98 Å². The van der Waals surface area contributed by atoms with Gasteiger partial charge in [0.2, 0.25) is 0 Å². The average molecular weight is 411 g/mol. The number of carbonyl (C=O) groups is 1. The first kappa shape index (κ1) is 18.7. The zero-order chi connectivity index (χ0) is 19.7. The molecule has 0 atom stereocenters. The molecule has 0 aliphatic carbocycles. The molecule has 0 N–H and O–H groups in total. The van der Waals surface area contributed by atoms with Crippen molar-refractivity contribution in [3.63, 3.8) is 0 Å². The monoisotopic (exact) mass is 410 g/mol. The summed E-state index contributed by atoms with van der Waals surface area (Å²) in [4.78, 5) is 19.7. The molecule has 4 aromatic rings. The molecule has 0 unspecified atom stereocenters. The Morgan fingerprint density at radius 1 is 1.14 bits per heavy atom. The Balaban J connectivity index is 1.69. The number of halogens is 1. The van der Waals surface area contributed by atoms with Crippen LogP contribution in [0.25, 0.3) is 10.2 Å². The highest BCUT2D eigenvalue weighted by molar-refractivity contribution is 7.22. The molecule has 4 rings (SSSR count). The molecule has 0 aliphatic rings. The molecule has 0 radical (unpaired) electrons. The van der Waals surface area contributed by atoms with Crippen LogP contribution in [0.3, 0.4) is 0 Å². The van der Waals surface area contributed by atoms with Gasteiger partial charge in [-0.3, -0.25) is 14.4 Å². The van der Waals surface area contributed by atoms with Gasteiger partial charge < -0.3 is 0 Å². The van der Waals surface area contributed by atoms with Crippen LogP contribution in [0.1, 0.15) is 21.7 Å². The molecule has 2 heterocycles. The number of amides is 1. The van der Waals surface area contributed by atoms with Crippen LogP contribution in [0.15, 0.2) is 54.6 Å². The summed E-state index contributed by atoms with van der Waals surface area (Å²) in [6.07, 6.45) is 0.